The molecule has 57 valence electrons. The molecule has 0 bridgehead atoms. The van der Waals surface area contributed by atoms with E-state index in [0.717, 1.165) is 4.90 Å². The minimum Gasteiger partial charge on any atom is -0.328 e. The molecule has 0 aromatic rings. The van der Waals surface area contributed by atoms with Gasteiger partial charge in [-0.25, -0.2) is 8.78 Å². The lowest BCUT2D eigenvalue weighted by molar-refractivity contribution is -0.128. The molecule has 1 saturated carbocycles. The number of hydrogen-bond donors (Lipinski definition) is 0. The van der Waals surface area contributed by atoms with Crippen molar-refractivity contribution in [2.24, 2.45) is 0 Å². The number of amides is 1. The van der Waals surface area contributed by atoms with Crippen LogP contribution in [0.5, 0.6) is 0 Å². The van der Waals surface area contributed by atoms with Gasteiger partial charge in [0.05, 0.1) is 6.04 Å². The Labute approximate surface area is 57.8 Å². The van der Waals surface area contributed by atoms with Crippen molar-refractivity contribution in [3.05, 3.63) is 0 Å². The van der Waals surface area contributed by atoms with Crippen LogP contribution in [0.4, 0.5) is 8.78 Å². The number of carbonyl (C=O) groups excluding carboxylic acids is 1. The van der Waals surface area contributed by atoms with Crippen LogP contribution in [0.2, 0.25) is 0 Å². The number of halogens is 2. The van der Waals surface area contributed by atoms with E-state index in [4.69, 9.17) is 0 Å². The van der Waals surface area contributed by atoms with Gasteiger partial charge in [0.1, 0.15) is 0 Å². The SMILES string of the molecule is CN([C]=O)C1CCC1(F)F. The molecule has 10 heavy (non-hydrogen) atoms. The summed E-state index contributed by atoms with van der Waals surface area (Å²) in [4.78, 5) is 10.8. The van der Waals surface area contributed by atoms with Crippen LogP contribution in [-0.2, 0) is 4.79 Å². The van der Waals surface area contributed by atoms with Crippen LogP contribution in [0.3, 0.4) is 0 Å². The maximum atomic E-state index is 12.4. The van der Waals surface area contributed by atoms with Crippen LogP contribution in [0.15, 0.2) is 0 Å². The van der Waals surface area contributed by atoms with Crippen molar-refractivity contribution >= 4 is 6.41 Å². The highest BCUT2D eigenvalue weighted by molar-refractivity contribution is 5.48. The topological polar surface area (TPSA) is 20.3 Å². The van der Waals surface area contributed by atoms with Crippen molar-refractivity contribution in [3.8, 4) is 0 Å². The predicted molar refractivity (Wildman–Crippen MR) is 31.4 cm³/mol. The predicted octanol–water partition coefficient (Wildman–Crippen LogP) is 0.783. The summed E-state index contributed by atoms with van der Waals surface area (Å²) in [6.07, 6.45) is 1.71. The zero-order chi connectivity index (χ0) is 7.78. The number of nitrogens with zero attached hydrogens (tertiary/aromatic N) is 1. The van der Waals surface area contributed by atoms with E-state index in [9.17, 15) is 13.6 Å². The zero-order valence-electron chi connectivity index (χ0n) is 5.60. The summed E-state index contributed by atoms with van der Waals surface area (Å²) < 4.78 is 24.8. The first-order chi connectivity index (χ1) is 4.58. The number of rotatable bonds is 2. The largest absolute Gasteiger partial charge is 0.328 e. The minimum atomic E-state index is -2.67. The average Bonchev–Trinajstić information content (AvgIpc) is 1.86. The maximum absolute atomic E-state index is 12.4. The molecular formula is C6H8F2NO. The quantitative estimate of drug-likeness (QED) is 0.530. The van der Waals surface area contributed by atoms with Crippen molar-refractivity contribution < 1.29 is 13.6 Å². The van der Waals surface area contributed by atoms with E-state index in [1.54, 1.807) is 0 Å². The highest BCUT2D eigenvalue weighted by Crippen LogP contribution is 2.39. The van der Waals surface area contributed by atoms with Crippen LogP contribution >= 0.6 is 0 Å². The van der Waals surface area contributed by atoms with Crippen molar-refractivity contribution in [1.29, 1.82) is 0 Å². The van der Waals surface area contributed by atoms with Gasteiger partial charge >= 0.3 is 6.41 Å². The Morgan fingerprint density at radius 3 is 2.40 bits per heavy atom. The van der Waals surface area contributed by atoms with Gasteiger partial charge in [-0.05, 0) is 6.42 Å². The van der Waals surface area contributed by atoms with Crippen molar-refractivity contribution in [3.63, 3.8) is 0 Å². The van der Waals surface area contributed by atoms with E-state index in [1.807, 2.05) is 0 Å². The highest BCUT2D eigenvalue weighted by atomic mass is 19.3. The second-order valence-electron chi connectivity index (χ2n) is 2.52. The van der Waals surface area contributed by atoms with Gasteiger partial charge < -0.3 is 4.90 Å². The van der Waals surface area contributed by atoms with Crippen LogP contribution in [-0.4, -0.2) is 30.3 Å². The third-order valence-corrected chi connectivity index (χ3v) is 1.85. The van der Waals surface area contributed by atoms with Crippen molar-refractivity contribution in [2.45, 2.75) is 24.8 Å². The fourth-order valence-corrected chi connectivity index (χ4v) is 1.03. The molecule has 0 N–H and O–H groups in total. The second kappa shape index (κ2) is 2.18. The van der Waals surface area contributed by atoms with Gasteiger partial charge in [0.15, 0.2) is 0 Å². The first-order valence-corrected chi connectivity index (χ1v) is 3.06. The molecule has 1 amide bonds. The molecule has 0 aromatic carbocycles. The molecule has 0 saturated heterocycles. The Morgan fingerprint density at radius 2 is 2.30 bits per heavy atom. The van der Waals surface area contributed by atoms with E-state index in [0.29, 0.717) is 6.42 Å². The molecule has 0 heterocycles. The molecule has 1 fully saturated rings. The van der Waals surface area contributed by atoms with Gasteiger partial charge in [0.2, 0.25) is 0 Å². The molecule has 1 radical (unpaired) electrons. The Balaban J connectivity index is 2.50. The van der Waals surface area contributed by atoms with Gasteiger partial charge in [-0.15, -0.1) is 0 Å². The van der Waals surface area contributed by atoms with E-state index in [1.165, 1.54) is 13.5 Å². The molecular weight excluding hydrogens is 140 g/mol. The standard InChI is InChI=1S/C6H8F2NO/c1-9(4-10)5-2-3-6(5,7)8/h5H,2-3H2,1H3. The fourth-order valence-electron chi connectivity index (χ4n) is 1.03. The van der Waals surface area contributed by atoms with E-state index in [2.05, 4.69) is 0 Å². The molecule has 4 heteroatoms. The van der Waals surface area contributed by atoms with E-state index >= 15 is 0 Å². The maximum Gasteiger partial charge on any atom is 0.312 e. The highest BCUT2D eigenvalue weighted by Gasteiger charge is 2.50. The summed E-state index contributed by atoms with van der Waals surface area (Å²) >= 11 is 0. The third-order valence-electron chi connectivity index (χ3n) is 1.85. The van der Waals surface area contributed by atoms with Gasteiger partial charge in [-0.3, -0.25) is 4.79 Å². The van der Waals surface area contributed by atoms with Gasteiger partial charge in [0, 0.05) is 13.5 Å². The summed E-state index contributed by atoms with van der Waals surface area (Å²) in [6.45, 7) is 0. The molecule has 2 nitrogen and oxygen atoms in total. The fraction of sp³-hybridized carbons (Fsp3) is 0.833. The third kappa shape index (κ3) is 0.978. The van der Waals surface area contributed by atoms with Gasteiger partial charge in [-0.1, -0.05) is 0 Å². The first-order valence-electron chi connectivity index (χ1n) is 3.06. The Morgan fingerprint density at radius 1 is 1.70 bits per heavy atom. The van der Waals surface area contributed by atoms with Gasteiger partial charge in [-0.2, -0.15) is 0 Å². The second-order valence-corrected chi connectivity index (χ2v) is 2.52. The molecule has 0 aromatic heterocycles. The molecule has 1 unspecified atom stereocenters. The first kappa shape index (κ1) is 7.44. The lowest BCUT2D eigenvalue weighted by atomic mass is 9.87. The van der Waals surface area contributed by atoms with Gasteiger partial charge in [0.25, 0.3) is 5.92 Å². The molecule has 1 aliphatic carbocycles. The lowest BCUT2D eigenvalue weighted by Gasteiger charge is -2.39. The molecule has 0 spiro atoms. The average molecular weight is 148 g/mol. The summed E-state index contributed by atoms with van der Waals surface area (Å²) in [5, 5.41) is 0. The Bertz CT molecular complexity index is 149. The van der Waals surface area contributed by atoms with Crippen molar-refractivity contribution in [1.82, 2.24) is 4.90 Å². The molecule has 1 atom stereocenters. The van der Waals surface area contributed by atoms with Crippen LogP contribution < -0.4 is 0 Å². The smallest absolute Gasteiger partial charge is 0.312 e. The molecule has 0 aliphatic heterocycles. The summed E-state index contributed by atoms with van der Waals surface area (Å²) in [7, 11) is 1.32. The van der Waals surface area contributed by atoms with Crippen molar-refractivity contribution in [2.75, 3.05) is 7.05 Å². The summed E-state index contributed by atoms with van der Waals surface area (Å²) in [6, 6.07) is -0.912. The monoisotopic (exact) mass is 148 g/mol. The molecule has 1 aliphatic rings. The Hall–Kier alpha value is -0.670. The Kier molecular flexibility index (Phi) is 1.62. The van der Waals surface area contributed by atoms with Crippen LogP contribution in [0, 0.1) is 0 Å². The number of alkyl halides is 2. The van der Waals surface area contributed by atoms with E-state index < -0.39 is 12.0 Å². The lowest BCUT2D eigenvalue weighted by Crippen LogP contribution is -2.53. The summed E-state index contributed by atoms with van der Waals surface area (Å²) in [5.41, 5.74) is 0. The van der Waals surface area contributed by atoms with Crippen LogP contribution in [0.1, 0.15) is 12.8 Å². The minimum absolute atomic E-state index is 0.107. The van der Waals surface area contributed by atoms with E-state index in [-0.39, 0.29) is 6.42 Å². The molecule has 1 rings (SSSR count). The normalized spacial score (nSPS) is 28.9. The number of hydrogen-bond acceptors (Lipinski definition) is 1. The summed E-state index contributed by atoms with van der Waals surface area (Å²) in [5.74, 6) is -2.67. The zero-order valence-corrected chi connectivity index (χ0v) is 5.60. The van der Waals surface area contributed by atoms with Crippen LogP contribution in [0.25, 0.3) is 0 Å².